The number of nitrogens with one attached hydrogen (secondary N) is 1. The quantitative estimate of drug-likeness (QED) is 0.829. The number of aromatic nitrogens is 1. The summed E-state index contributed by atoms with van der Waals surface area (Å²) in [5.41, 5.74) is 2.46. The van der Waals surface area contributed by atoms with Gasteiger partial charge in [-0.25, -0.2) is 4.98 Å². The Balaban J connectivity index is 2.04. The first kappa shape index (κ1) is 16.3. The zero-order valence-corrected chi connectivity index (χ0v) is 14.2. The highest BCUT2D eigenvalue weighted by atomic mass is 15.2. The van der Waals surface area contributed by atoms with Gasteiger partial charge in [-0.1, -0.05) is 45.6 Å². The van der Waals surface area contributed by atoms with Gasteiger partial charge >= 0.3 is 0 Å². The first-order valence-corrected chi connectivity index (χ1v) is 8.50. The van der Waals surface area contributed by atoms with Gasteiger partial charge in [0.1, 0.15) is 5.82 Å². The lowest BCUT2D eigenvalue weighted by molar-refractivity contribution is 0.548. The molecule has 0 atom stereocenters. The second kappa shape index (κ2) is 7.79. The predicted molar refractivity (Wildman–Crippen MR) is 90.8 cm³/mol. The van der Waals surface area contributed by atoms with E-state index in [9.17, 15) is 0 Å². The molecule has 1 saturated carbocycles. The van der Waals surface area contributed by atoms with Crippen LogP contribution >= 0.6 is 0 Å². The summed E-state index contributed by atoms with van der Waals surface area (Å²) in [5, 5.41) is 3.47. The van der Waals surface area contributed by atoms with Crippen LogP contribution in [0.2, 0.25) is 0 Å². The fourth-order valence-electron chi connectivity index (χ4n) is 3.11. The van der Waals surface area contributed by atoms with Crippen molar-refractivity contribution >= 4 is 5.82 Å². The summed E-state index contributed by atoms with van der Waals surface area (Å²) in [6, 6.07) is 5.60. The molecule has 2 rings (SSSR count). The minimum Gasteiger partial charge on any atom is -0.357 e. The first-order valence-electron chi connectivity index (χ1n) is 8.50. The zero-order valence-electron chi connectivity index (χ0n) is 14.2. The molecule has 0 saturated heterocycles. The molecule has 0 unspecified atom stereocenters. The molecule has 0 radical (unpaired) electrons. The molecule has 1 aliphatic rings. The fourth-order valence-corrected chi connectivity index (χ4v) is 3.11. The lowest BCUT2D eigenvalue weighted by Crippen LogP contribution is -2.32. The Bertz CT molecular complexity index is 434. The first-order chi connectivity index (χ1) is 10.1. The van der Waals surface area contributed by atoms with Gasteiger partial charge in [-0.15, -0.1) is 0 Å². The van der Waals surface area contributed by atoms with E-state index in [0.29, 0.717) is 12.1 Å². The van der Waals surface area contributed by atoms with Gasteiger partial charge in [0.2, 0.25) is 0 Å². The van der Waals surface area contributed by atoms with Gasteiger partial charge in [0.15, 0.2) is 0 Å². The van der Waals surface area contributed by atoms with E-state index in [-0.39, 0.29) is 0 Å². The van der Waals surface area contributed by atoms with Crippen LogP contribution in [-0.4, -0.2) is 24.1 Å². The van der Waals surface area contributed by atoms with E-state index >= 15 is 0 Å². The van der Waals surface area contributed by atoms with Crippen molar-refractivity contribution in [2.75, 3.05) is 11.9 Å². The molecule has 3 nitrogen and oxygen atoms in total. The van der Waals surface area contributed by atoms with Crippen LogP contribution < -0.4 is 10.2 Å². The number of rotatable bonds is 5. The largest absolute Gasteiger partial charge is 0.357 e. The third-order valence-corrected chi connectivity index (χ3v) is 4.62. The summed E-state index contributed by atoms with van der Waals surface area (Å²) in [5.74, 6) is 1.13. The van der Waals surface area contributed by atoms with Crippen LogP contribution in [0, 0.1) is 6.92 Å². The highest BCUT2D eigenvalue weighted by molar-refractivity contribution is 5.42. The van der Waals surface area contributed by atoms with Crippen LogP contribution in [0.3, 0.4) is 0 Å². The van der Waals surface area contributed by atoms with Gasteiger partial charge in [0, 0.05) is 31.4 Å². The lowest BCUT2D eigenvalue weighted by atomic mass is 10.1. The molecule has 0 amide bonds. The van der Waals surface area contributed by atoms with E-state index < -0.39 is 0 Å². The summed E-state index contributed by atoms with van der Waals surface area (Å²) < 4.78 is 0. The summed E-state index contributed by atoms with van der Waals surface area (Å²) >= 11 is 0. The molecule has 0 spiro atoms. The molecule has 0 bridgehead atoms. The minimum absolute atomic E-state index is 0.512. The van der Waals surface area contributed by atoms with Crippen molar-refractivity contribution in [3.05, 3.63) is 23.4 Å². The second-order valence-corrected chi connectivity index (χ2v) is 6.71. The summed E-state index contributed by atoms with van der Waals surface area (Å²) in [4.78, 5) is 7.24. The van der Waals surface area contributed by atoms with E-state index in [2.05, 4.69) is 50.2 Å². The molecule has 0 aromatic carbocycles. The van der Waals surface area contributed by atoms with Crippen LogP contribution in [0.1, 0.15) is 63.6 Å². The number of pyridine rings is 1. The van der Waals surface area contributed by atoms with E-state index in [1.807, 2.05) is 0 Å². The average Bonchev–Trinajstić information content (AvgIpc) is 2.74. The van der Waals surface area contributed by atoms with Gasteiger partial charge in [0.25, 0.3) is 0 Å². The molecular weight excluding hydrogens is 258 g/mol. The Hall–Kier alpha value is -1.09. The monoisotopic (exact) mass is 289 g/mol. The van der Waals surface area contributed by atoms with Crippen molar-refractivity contribution in [2.45, 2.75) is 77.9 Å². The van der Waals surface area contributed by atoms with Gasteiger partial charge in [-0.2, -0.15) is 0 Å². The van der Waals surface area contributed by atoms with Crippen LogP contribution in [-0.2, 0) is 6.54 Å². The predicted octanol–water partition coefficient (Wildman–Crippen LogP) is 4.05. The van der Waals surface area contributed by atoms with E-state index in [1.54, 1.807) is 0 Å². The van der Waals surface area contributed by atoms with E-state index in [1.165, 1.54) is 44.1 Å². The lowest BCUT2D eigenvalue weighted by Gasteiger charge is -2.28. The molecule has 1 fully saturated rings. The van der Waals surface area contributed by atoms with Crippen LogP contribution in [0.5, 0.6) is 0 Å². The number of nitrogens with zero attached hydrogens (tertiary/aromatic N) is 2. The van der Waals surface area contributed by atoms with E-state index in [0.717, 1.165) is 18.1 Å². The number of anilines is 1. The standard InChI is InChI=1S/C18H31N3/c1-14(2)19-13-16-11-12-18(20-15(16)3)21(4)17-9-7-5-6-8-10-17/h11-12,14,17,19H,5-10,13H2,1-4H3. The molecule has 1 heterocycles. The fraction of sp³-hybridized carbons (Fsp3) is 0.722. The third kappa shape index (κ3) is 4.70. The number of aryl methyl sites for hydroxylation is 1. The van der Waals surface area contributed by atoms with Crippen molar-refractivity contribution in [1.29, 1.82) is 0 Å². The zero-order chi connectivity index (χ0) is 15.2. The van der Waals surface area contributed by atoms with Crippen molar-refractivity contribution in [2.24, 2.45) is 0 Å². The Morgan fingerprint density at radius 2 is 1.86 bits per heavy atom. The highest BCUT2D eigenvalue weighted by Gasteiger charge is 2.18. The Labute approximate surface area is 130 Å². The maximum Gasteiger partial charge on any atom is 0.128 e. The number of hydrogen-bond donors (Lipinski definition) is 1. The maximum absolute atomic E-state index is 4.84. The summed E-state index contributed by atoms with van der Waals surface area (Å²) in [6.07, 6.45) is 8.16. The summed E-state index contributed by atoms with van der Waals surface area (Å²) in [7, 11) is 2.21. The Morgan fingerprint density at radius 1 is 1.19 bits per heavy atom. The SMILES string of the molecule is Cc1nc(N(C)C2CCCCCC2)ccc1CNC(C)C. The molecule has 1 aromatic rings. The van der Waals surface area contributed by atoms with Crippen molar-refractivity contribution < 1.29 is 0 Å². The second-order valence-electron chi connectivity index (χ2n) is 6.71. The smallest absolute Gasteiger partial charge is 0.128 e. The van der Waals surface area contributed by atoms with Crippen LogP contribution in [0.4, 0.5) is 5.82 Å². The minimum atomic E-state index is 0.512. The third-order valence-electron chi connectivity index (χ3n) is 4.62. The van der Waals surface area contributed by atoms with Crippen molar-refractivity contribution in [1.82, 2.24) is 10.3 Å². The molecule has 1 aliphatic carbocycles. The number of hydrogen-bond acceptors (Lipinski definition) is 3. The molecular formula is C18H31N3. The molecule has 1 aromatic heterocycles. The van der Waals surface area contributed by atoms with E-state index in [4.69, 9.17) is 4.98 Å². The van der Waals surface area contributed by atoms with Gasteiger partial charge in [-0.3, -0.25) is 0 Å². The van der Waals surface area contributed by atoms with Crippen molar-refractivity contribution in [3.8, 4) is 0 Å². The molecule has 21 heavy (non-hydrogen) atoms. The van der Waals surface area contributed by atoms with Gasteiger partial charge in [-0.05, 0) is 31.4 Å². The normalized spacial score (nSPS) is 17.0. The molecule has 118 valence electrons. The molecule has 1 N–H and O–H groups in total. The topological polar surface area (TPSA) is 28.2 Å². The maximum atomic E-state index is 4.84. The summed E-state index contributed by atoms with van der Waals surface area (Å²) in [6.45, 7) is 7.39. The van der Waals surface area contributed by atoms with Gasteiger partial charge < -0.3 is 10.2 Å². The highest BCUT2D eigenvalue weighted by Crippen LogP contribution is 2.25. The van der Waals surface area contributed by atoms with Crippen LogP contribution in [0.15, 0.2) is 12.1 Å². The Kier molecular flexibility index (Phi) is 6.04. The molecule has 0 aliphatic heterocycles. The van der Waals surface area contributed by atoms with Gasteiger partial charge in [0.05, 0.1) is 0 Å². The Morgan fingerprint density at radius 3 is 2.43 bits per heavy atom. The van der Waals surface area contributed by atoms with Crippen LogP contribution in [0.25, 0.3) is 0 Å². The molecule has 3 heteroatoms. The van der Waals surface area contributed by atoms with Crippen molar-refractivity contribution in [3.63, 3.8) is 0 Å². The average molecular weight is 289 g/mol.